The van der Waals surface area contributed by atoms with Gasteiger partial charge in [-0.3, -0.25) is 33.4 Å². The van der Waals surface area contributed by atoms with E-state index >= 15 is 0 Å². The van der Waals surface area contributed by atoms with Gasteiger partial charge in [0.05, 0.1) is 35.4 Å². The zero-order chi connectivity index (χ0) is 31.6. The number of ether oxygens (including phenoxy) is 1. The summed E-state index contributed by atoms with van der Waals surface area (Å²) in [4.78, 5) is 65.6. The molecule has 12 nitrogen and oxygen atoms in total. The standard InChI is InChI=1S/C27H27N3O9S4/c1-13(2)15(9-18-28(7-6-21(36)39-3)16-8-14(12-31)4-5-17(16)41-18)22-24(37)29(10-19(32)33)26(42-22)23-25(38)30(11-20(34)35)27(40)43-23/h4-5,8-9,13,31H,6-7,10-12H2,1-3H3,(H,32,33)(H,34,35)/b18-9-,22-15-,26-23-. The van der Waals surface area contributed by atoms with Gasteiger partial charge < -0.3 is 25.0 Å². The molecule has 0 unspecified atom stereocenters. The number of allylic oxidation sites excluding steroid dienone is 1. The SMILES string of the molecule is COC(=O)CCN1/C(=C/C(=c2/s/c(=C3\SC(=S)N(CC(=O)O)C3=O)n(CC(=O)O)c2=O)C(C)C)Sc2ccc(CO)cc21. The number of aromatic nitrogens is 1. The van der Waals surface area contributed by atoms with Crippen molar-refractivity contribution in [1.29, 1.82) is 0 Å². The molecule has 228 valence electrons. The van der Waals surface area contributed by atoms with E-state index in [2.05, 4.69) is 0 Å². The number of hydrogen-bond acceptors (Lipinski definition) is 12. The highest BCUT2D eigenvalue weighted by atomic mass is 32.2. The van der Waals surface area contributed by atoms with Crippen LogP contribution in [0.2, 0.25) is 0 Å². The van der Waals surface area contributed by atoms with E-state index in [1.807, 2.05) is 37.0 Å². The molecule has 16 heteroatoms. The van der Waals surface area contributed by atoms with Crippen molar-refractivity contribution < 1.29 is 39.2 Å². The van der Waals surface area contributed by atoms with E-state index in [9.17, 15) is 39.3 Å². The van der Waals surface area contributed by atoms with E-state index in [1.54, 1.807) is 6.07 Å². The third-order valence-electron chi connectivity index (χ3n) is 6.42. The zero-order valence-electron chi connectivity index (χ0n) is 23.2. The first-order chi connectivity index (χ1) is 20.4. The van der Waals surface area contributed by atoms with Crippen molar-refractivity contribution in [2.24, 2.45) is 5.92 Å². The van der Waals surface area contributed by atoms with E-state index in [4.69, 9.17) is 17.0 Å². The van der Waals surface area contributed by atoms with Gasteiger partial charge in [-0.05, 0) is 35.3 Å². The van der Waals surface area contributed by atoms with E-state index < -0.39 is 42.5 Å². The number of amides is 1. The van der Waals surface area contributed by atoms with Crippen LogP contribution < -0.4 is 19.7 Å². The Morgan fingerprint density at radius 2 is 1.77 bits per heavy atom. The monoisotopic (exact) mass is 665 g/mol. The summed E-state index contributed by atoms with van der Waals surface area (Å²) in [5, 5.41) is 29.2. The molecule has 2 aromatic rings. The molecule has 0 spiro atoms. The minimum absolute atomic E-state index is 0.00882. The predicted octanol–water partition coefficient (Wildman–Crippen LogP) is 1.36. The van der Waals surface area contributed by atoms with Crippen molar-refractivity contribution in [2.45, 2.75) is 38.3 Å². The van der Waals surface area contributed by atoms with Gasteiger partial charge in [0, 0.05) is 11.4 Å². The zero-order valence-corrected chi connectivity index (χ0v) is 26.5. The molecule has 0 radical (unpaired) electrons. The summed E-state index contributed by atoms with van der Waals surface area (Å²) in [5.41, 5.74) is 1.42. The highest BCUT2D eigenvalue weighted by Crippen LogP contribution is 2.47. The minimum atomic E-state index is -1.30. The molecular formula is C27H27N3O9S4. The van der Waals surface area contributed by atoms with Gasteiger partial charge in [0.2, 0.25) is 0 Å². The molecular weight excluding hydrogens is 639 g/mol. The molecule has 1 amide bonds. The first-order valence-corrected chi connectivity index (χ1v) is 15.6. The first kappa shape index (κ1) is 32.5. The van der Waals surface area contributed by atoms with Crippen molar-refractivity contribution in [3.05, 3.63) is 54.4 Å². The predicted molar refractivity (Wildman–Crippen MR) is 167 cm³/mol. The summed E-state index contributed by atoms with van der Waals surface area (Å²) in [6.07, 6.45) is 1.89. The third kappa shape index (κ3) is 6.88. The van der Waals surface area contributed by atoms with Crippen LogP contribution in [0.4, 0.5) is 5.69 Å². The number of carbonyl (C=O) groups excluding carboxylic acids is 2. The maximum absolute atomic E-state index is 13.8. The number of carboxylic acid groups (broad SMARTS) is 2. The number of fused-ring (bicyclic) bond motifs is 1. The number of thiazole rings is 1. The van der Waals surface area contributed by atoms with Crippen molar-refractivity contribution in [1.82, 2.24) is 9.47 Å². The number of benzene rings is 1. The Morgan fingerprint density at radius 3 is 2.37 bits per heavy atom. The van der Waals surface area contributed by atoms with Crippen LogP contribution in [0.5, 0.6) is 0 Å². The number of carboxylic acids is 2. The maximum Gasteiger partial charge on any atom is 0.323 e. The second-order valence-corrected chi connectivity index (χ2v) is 13.3. The van der Waals surface area contributed by atoms with Crippen molar-refractivity contribution >= 4 is 91.4 Å². The second-order valence-electron chi connectivity index (χ2n) is 9.64. The molecule has 3 heterocycles. The topological polar surface area (TPSA) is 167 Å². The fourth-order valence-electron chi connectivity index (χ4n) is 4.35. The Kier molecular flexibility index (Phi) is 10.2. The number of thiocarbonyl (C=S) groups is 1. The number of thioether (sulfide) groups is 2. The fraction of sp³-hybridized carbons (Fsp3) is 0.333. The number of methoxy groups -OCH3 is 1. The largest absolute Gasteiger partial charge is 0.480 e. The lowest BCUT2D eigenvalue weighted by Gasteiger charge is -2.21. The Morgan fingerprint density at radius 1 is 1.07 bits per heavy atom. The molecule has 0 aliphatic carbocycles. The number of hydrogen-bond donors (Lipinski definition) is 3. The summed E-state index contributed by atoms with van der Waals surface area (Å²) >= 11 is 8.38. The molecule has 3 N–H and O–H groups in total. The molecule has 1 aromatic carbocycles. The molecule has 1 fully saturated rings. The quantitative estimate of drug-likeness (QED) is 0.246. The number of rotatable bonds is 10. The summed E-state index contributed by atoms with van der Waals surface area (Å²) in [6.45, 7) is 2.45. The normalized spacial score (nSPS) is 17.7. The van der Waals surface area contributed by atoms with Gasteiger partial charge >= 0.3 is 17.9 Å². The molecule has 2 aliphatic heterocycles. The van der Waals surface area contributed by atoms with Crippen molar-refractivity contribution in [3.8, 4) is 0 Å². The second kappa shape index (κ2) is 13.5. The molecule has 43 heavy (non-hydrogen) atoms. The van der Waals surface area contributed by atoms with Gasteiger partial charge in [-0.15, -0.1) is 11.3 Å². The molecule has 0 atom stereocenters. The first-order valence-electron chi connectivity index (χ1n) is 12.8. The molecule has 0 bridgehead atoms. The van der Waals surface area contributed by atoms with Gasteiger partial charge in [-0.2, -0.15) is 0 Å². The average Bonchev–Trinajstić information content (AvgIpc) is 3.55. The Bertz CT molecular complexity index is 1740. The highest BCUT2D eigenvalue weighted by Gasteiger charge is 2.36. The number of carbonyl (C=O) groups is 4. The van der Waals surface area contributed by atoms with Crippen LogP contribution in [0, 0.1) is 5.92 Å². The average molecular weight is 666 g/mol. The van der Waals surface area contributed by atoms with Gasteiger partial charge in [-0.1, -0.05) is 55.7 Å². The highest BCUT2D eigenvalue weighted by molar-refractivity contribution is 8.30. The summed E-state index contributed by atoms with van der Waals surface area (Å²) < 4.78 is 6.09. The van der Waals surface area contributed by atoms with E-state index in [0.29, 0.717) is 16.2 Å². The van der Waals surface area contributed by atoms with Crippen LogP contribution >= 0.6 is 47.1 Å². The number of esters is 1. The molecule has 1 saturated heterocycles. The summed E-state index contributed by atoms with van der Waals surface area (Å²) in [5.74, 6) is -3.93. The van der Waals surface area contributed by atoms with Crippen LogP contribution in [-0.2, 0) is 37.1 Å². The lowest BCUT2D eigenvalue weighted by molar-refractivity contribution is -0.140. The van der Waals surface area contributed by atoms with E-state index in [-0.39, 0.29) is 43.9 Å². The Labute approximate surface area is 262 Å². The Hall–Kier alpha value is -3.44. The van der Waals surface area contributed by atoms with Gasteiger partial charge in [-0.25, -0.2) is 0 Å². The molecule has 0 saturated carbocycles. The lowest BCUT2D eigenvalue weighted by Crippen LogP contribution is -2.37. The molecule has 2 aliphatic rings. The van der Waals surface area contributed by atoms with Crippen LogP contribution in [0.15, 0.2) is 39.0 Å². The van der Waals surface area contributed by atoms with Gasteiger partial charge in [0.1, 0.15) is 27.0 Å². The number of aliphatic hydroxyl groups is 1. The van der Waals surface area contributed by atoms with Crippen LogP contribution in [0.3, 0.4) is 0 Å². The molecule has 1 aromatic heterocycles. The van der Waals surface area contributed by atoms with Crippen molar-refractivity contribution in [3.63, 3.8) is 0 Å². The number of aliphatic carboxylic acids is 2. The fourth-order valence-corrected chi connectivity index (χ4v) is 8.19. The van der Waals surface area contributed by atoms with Crippen LogP contribution in [-0.4, -0.2) is 73.1 Å². The number of aliphatic hydroxyl groups excluding tert-OH is 1. The van der Waals surface area contributed by atoms with Gasteiger partial charge in [0.15, 0.2) is 0 Å². The maximum atomic E-state index is 13.8. The van der Waals surface area contributed by atoms with E-state index in [0.717, 1.165) is 43.1 Å². The summed E-state index contributed by atoms with van der Waals surface area (Å²) in [6, 6.07) is 5.48. The third-order valence-corrected chi connectivity index (χ3v) is 10.3. The number of anilines is 1. The van der Waals surface area contributed by atoms with Crippen LogP contribution in [0.25, 0.3) is 10.5 Å². The lowest BCUT2D eigenvalue weighted by atomic mass is 10.0. The van der Waals surface area contributed by atoms with E-state index in [1.165, 1.54) is 18.9 Å². The van der Waals surface area contributed by atoms with Crippen molar-refractivity contribution in [2.75, 3.05) is 25.1 Å². The van der Waals surface area contributed by atoms with Gasteiger partial charge in [0.25, 0.3) is 11.5 Å². The smallest absolute Gasteiger partial charge is 0.323 e. The minimum Gasteiger partial charge on any atom is -0.480 e. The Balaban J connectivity index is 1.95. The number of nitrogens with zero attached hydrogens (tertiary/aromatic N) is 3. The molecule has 4 rings (SSSR count). The van der Waals surface area contributed by atoms with Crippen LogP contribution in [0.1, 0.15) is 25.8 Å². The summed E-state index contributed by atoms with van der Waals surface area (Å²) in [7, 11) is 1.30.